The van der Waals surface area contributed by atoms with Gasteiger partial charge in [-0.1, -0.05) is 32.9 Å². The van der Waals surface area contributed by atoms with E-state index in [2.05, 4.69) is 43.1 Å². The molecule has 1 amide bonds. The fourth-order valence-electron chi connectivity index (χ4n) is 2.40. The lowest BCUT2D eigenvalue weighted by Gasteiger charge is -2.39. The molecule has 0 bridgehead atoms. The molecule has 1 atom stereocenters. The minimum Gasteiger partial charge on any atom is -0.361 e. The third-order valence-electron chi connectivity index (χ3n) is 4.06. The average molecular weight is 281 g/mol. The molecule has 5 nitrogen and oxygen atoms in total. The van der Waals surface area contributed by atoms with Crippen LogP contribution in [0.3, 0.4) is 0 Å². The van der Waals surface area contributed by atoms with Gasteiger partial charge in [-0.15, -0.1) is 0 Å². The van der Waals surface area contributed by atoms with Crippen molar-refractivity contribution in [2.45, 2.75) is 53.0 Å². The van der Waals surface area contributed by atoms with Crippen molar-refractivity contribution in [1.29, 1.82) is 0 Å². The fraction of sp³-hybridized carbons (Fsp3) is 0.733. The first kappa shape index (κ1) is 16.7. The van der Waals surface area contributed by atoms with E-state index in [1.807, 2.05) is 6.92 Å². The summed E-state index contributed by atoms with van der Waals surface area (Å²) in [6.45, 7) is 13.1. The summed E-state index contributed by atoms with van der Waals surface area (Å²) in [5.74, 6) is 0.567. The van der Waals surface area contributed by atoms with Crippen molar-refractivity contribution in [2.75, 3.05) is 19.6 Å². The number of aromatic nitrogens is 1. The van der Waals surface area contributed by atoms with Crippen LogP contribution in [-0.2, 0) is 6.42 Å². The molecular weight excluding hydrogens is 254 g/mol. The molecule has 20 heavy (non-hydrogen) atoms. The van der Waals surface area contributed by atoms with E-state index in [0.717, 1.165) is 31.7 Å². The first-order valence-corrected chi connectivity index (χ1v) is 7.49. The second-order valence-corrected chi connectivity index (χ2v) is 5.24. The van der Waals surface area contributed by atoms with E-state index in [9.17, 15) is 4.79 Å². The Morgan fingerprint density at radius 1 is 1.35 bits per heavy atom. The van der Waals surface area contributed by atoms with Crippen LogP contribution in [0.1, 0.15) is 57.3 Å². The van der Waals surface area contributed by atoms with Crippen molar-refractivity contribution in [3.05, 3.63) is 17.5 Å². The standard InChI is InChI=1S/C15H27N3O2/c1-6-12-10-13(17-20-12)14(19)16-11-15(5,7-2)18(8-3)9-4/h10H,6-9,11H2,1-5H3,(H,16,19). The van der Waals surface area contributed by atoms with Gasteiger partial charge >= 0.3 is 0 Å². The van der Waals surface area contributed by atoms with Gasteiger partial charge in [0.2, 0.25) is 0 Å². The summed E-state index contributed by atoms with van der Waals surface area (Å²) in [6.07, 6.45) is 1.72. The van der Waals surface area contributed by atoms with Gasteiger partial charge in [0, 0.05) is 24.6 Å². The molecule has 0 aliphatic carbocycles. The number of nitrogens with one attached hydrogen (secondary N) is 1. The van der Waals surface area contributed by atoms with E-state index in [4.69, 9.17) is 4.52 Å². The summed E-state index contributed by atoms with van der Waals surface area (Å²) in [6, 6.07) is 1.70. The van der Waals surface area contributed by atoms with Gasteiger partial charge in [0.15, 0.2) is 5.69 Å². The van der Waals surface area contributed by atoms with Crippen LogP contribution in [0.25, 0.3) is 0 Å². The summed E-state index contributed by atoms with van der Waals surface area (Å²) >= 11 is 0. The highest BCUT2D eigenvalue weighted by atomic mass is 16.5. The maximum Gasteiger partial charge on any atom is 0.273 e. The van der Waals surface area contributed by atoms with Crippen LogP contribution in [0.15, 0.2) is 10.6 Å². The van der Waals surface area contributed by atoms with Gasteiger partial charge in [-0.3, -0.25) is 9.69 Å². The van der Waals surface area contributed by atoms with Crippen LogP contribution < -0.4 is 5.32 Å². The predicted molar refractivity (Wildman–Crippen MR) is 79.8 cm³/mol. The van der Waals surface area contributed by atoms with E-state index >= 15 is 0 Å². The molecule has 1 unspecified atom stereocenters. The van der Waals surface area contributed by atoms with Gasteiger partial charge in [0.05, 0.1) is 0 Å². The van der Waals surface area contributed by atoms with Crippen molar-refractivity contribution in [3.63, 3.8) is 0 Å². The molecule has 0 fully saturated rings. The molecule has 1 aromatic heterocycles. The van der Waals surface area contributed by atoms with E-state index < -0.39 is 0 Å². The van der Waals surface area contributed by atoms with E-state index in [1.54, 1.807) is 6.07 Å². The Morgan fingerprint density at radius 2 is 2.00 bits per heavy atom. The summed E-state index contributed by atoms with van der Waals surface area (Å²) < 4.78 is 5.06. The lowest BCUT2D eigenvalue weighted by Crippen LogP contribution is -2.53. The topological polar surface area (TPSA) is 58.4 Å². The molecule has 1 rings (SSSR count). The summed E-state index contributed by atoms with van der Waals surface area (Å²) in [5, 5.41) is 6.77. The number of likely N-dealkylation sites (N-methyl/N-ethyl adjacent to an activating group) is 1. The summed E-state index contributed by atoms with van der Waals surface area (Å²) in [4.78, 5) is 14.5. The van der Waals surface area contributed by atoms with Crippen LogP contribution in [0, 0.1) is 0 Å². The second kappa shape index (κ2) is 7.43. The van der Waals surface area contributed by atoms with Crippen molar-refractivity contribution in [1.82, 2.24) is 15.4 Å². The molecule has 0 saturated carbocycles. The van der Waals surface area contributed by atoms with Crippen LogP contribution in [-0.4, -0.2) is 41.1 Å². The highest BCUT2D eigenvalue weighted by molar-refractivity contribution is 5.92. The number of hydrogen-bond donors (Lipinski definition) is 1. The van der Waals surface area contributed by atoms with Crippen LogP contribution in [0.5, 0.6) is 0 Å². The molecule has 0 aliphatic heterocycles. The fourth-order valence-corrected chi connectivity index (χ4v) is 2.40. The van der Waals surface area contributed by atoms with Crippen molar-refractivity contribution >= 4 is 5.91 Å². The average Bonchev–Trinajstić information content (AvgIpc) is 2.95. The van der Waals surface area contributed by atoms with Gasteiger partial charge in [0.25, 0.3) is 5.91 Å². The molecule has 1 aromatic rings. The zero-order chi connectivity index (χ0) is 15.2. The summed E-state index contributed by atoms with van der Waals surface area (Å²) in [7, 11) is 0. The number of aryl methyl sites for hydroxylation is 1. The third kappa shape index (κ3) is 3.82. The number of rotatable bonds is 8. The van der Waals surface area contributed by atoms with Gasteiger partial charge in [-0.2, -0.15) is 0 Å². The molecule has 0 aliphatic rings. The van der Waals surface area contributed by atoms with Gasteiger partial charge < -0.3 is 9.84 Å². The molecule has 0 aromatic carbocycles. The Morgan fingerprint density at radius 3 is 2.45 bits per heavy atom. The quantitative estimate of drug-likeness (QED) is 0.795. The number of carbonyl (C=O) groups excluding carboxylic acids is 1. The minimum atomic E-state index is -0.166. The number of nitrogens with zero attached hydrogens (tertiary/aromatic N) is 2. The molecule has 1 N–H and O–H groups in total. The van der Waals surface area contributed by atoms with Crippen LogP contribution in [0.2, 0.25) is 0 Å². The van der Waals surface area contributed by atoms with Gasteiger partial charge in [-0.05, 0) is 26.4 Å². The zero-order valence-corrected chi connectivity index (χ0v) is 13.3. The second-order valence-electron chi connectivity index (χ2n) is 5.24. The first-order valence-electron chi connectivity index (χ1n) is 7.49. The smallest absolute Gasteiger partial charge is 0.273 e. The van der Waals surface area contributed by atoms with Crippen molar-refractivity contribution in [3.8, 4) is 0 Å². The van der Waals surface area contributed by atoms with Gasteiger partial charge in [0.1, 0.15) is 5.76 Å². The maximum atomic E-state index is 12.1. The third-order valence-corrected chi connectivity index (χ3v) is 4.06. The highest BCUT2D eigenvalue weighted by Crippen LogP contribution is 2.18. The summed E-state index contributed by atoms with van der Waals surface area (Å²) in [5.41, 5.74) is 0.330. The predicted octanol–water partition coefficient (Wildman–Crippen LogP) is 2.48. The normalized spacial score (nSPS) is 14.3. The SMILES string of the molecule is CCc1cc(C(=O)NCC(C)(CC)N(CC)CC)no1. The van der Waals surface area contributed by atoms with Crippen molar-refractivity contribution in [2.24, 2.45) is 0 Å². The first-order chi connectivity index (χ1) is 9.50. The Balaban J connectivity index is 2.66. The van der Waals surface area contributed by atoms with E-state index in [1.165, 1.54) is 0 Å². The van der Waals surface area contributed by atoms with Crippen LogP contribution >= 0.6 is 0 Å². The lowest BCUT2D eigenvalue weighted by atomic mass is 9.96. The van der Waals surface area contributed by atoms with Gasteiger partial charge in [-0.25, -0.2) is 0 Å². The monoisotopic (exact) mass is 281 g/mol. The number of hydrogen-bond acceptors (Lipinski definition) is 4. The molecule has 1 heterocycles. The molecule has 0 radical (unpaired) electrons. The largest absolute Gasteiger partial charge is 0.361 e. The molecule has 114 valence electrons. The van der Waals surface area contributed by atoms with E-state index in [-0.39, 0.29) is 11.4 Å². The highest BCUT2D eigenvalue weighted by Gasteiger charge is 2.28. The Kier molecular flexibility index (Phi) is 6.20. The Hall–Kier alpha value is -1.36. The Labute approximate surface area is 121 Å². The Bertz CT molecular complexity index is 427. The minimum absolute atomic E-state index is 0.0313. The van der Waals surface area contributed by atoms with Crippen molar-refractivity contribution < 1.29 is 9.32 Å². The number of carbonyl (C=O) groups is 1. The molecular formula is C15H27N3O2. The molecule has 0 saturated heterocycles. The van der Waals surface area contributed by atoms with Crippen LogP contribution in [0.4, 0.5) is 0 Å². The zero-order valence-electron chi connectivity index (χ0n) is 13.3. The lowest BCUT2D eigenvalue weighted by molar-refractivity contribution is 0.0834. The molecule has 0 spiro atoms. The molecule has 5 heteroatoms. The maximum absolute atomic E-state index is 12.1. The number of amides is 1. The van der Waals surface area contributed by atoms with E-state index in [0.29, 0.717) is 12.2 Å².